The van der Waals surface area contributed by atoms with Crippen LogP contribution in [0.25, 0.3) is 0 Å². The van der Waals surface area contributed by atoms with Gasteiger partial charge in [-0.1, -0.05) is 37.3 Å². The van der Waals surface area contributed by atoms with Crippen LogP contribution in [0, 0.1) is 0 Å². The summed E-state index contributed by atoms with van der Waals surface area (Å²) < 4.78 is 4.91. The molecule has 0 saturated heterocycles. The molecule has 2 rings (SSSR count). The Balaban J connectivity index is 1.62. The van der Waals surface area contributed by atoms with Crippen molar-refractivity contribution in [3.05, 3.63) is 60.1 Å². The Kier molecular flexibility index (Phi) is 6.76. The summed E-state index contributed by atoms with van der Waals surface area (Å²) in [6, 6.07) is 12.9. The second kappa shape index (κ2) is 9.27. The van der Waals surface area contributed by atoms with Crippen molar-refractivity contribution in [3.63, 3.8) is 0 Å². The molecule has 0 aliphatic rings. The van der Waals surface area contributed by atoms with Gasteiger partial charge in [0.15, 0.2) is 5.76 Å². The van der Waals surface area contributed by atoms with Gasteiger partial charge in [-0.15, -0.1) is 0 Å². The van der Waals surface area contributed by atoms with Crippen LogP contribution in [0.2, 0.25) is 0 Å². The molecule has 0 bridgehead atoms. The first kappa shape index (κ1) is 18.3. The Labute approximate surface area is 145 Å². The summed E-state index contributed by atoms with van der Waals surface area (Å²) in [5.41, 5.74) is 1.13. The largest absolute Gasteiger partial charge is 0.459 e. The lowest BCUT2D eigenvalue weighted by atomic mass is 10.0. The number of benzene rings is 1. The van der Waals surface area contributed by atoms with E-state index >= 15 is 0 Å². The fourth-order valence-electron chi connectivity index (χ4n) is 2.13. The fraction of sp³-hybridized carbons (Fsp3) is 0.278. The molecule has 3 amide bonds. The summed E-state index contributed by atoms with van der Waals surface area (Å²) in [6.45, 7) is 2.12. The molecule has 0 aliphatic carbocycles. The van der Waals surface area contributed by atoms with E-state index < -0.39 is 11.8 Å². The van der Waals surface area contributed by atoms with Crippen LogP contribution >= 0.6 is 0 Å². The first-order valence-corrected chi connectivity index (χ1v) is 7.96. The highest BCUT2D eigenvalue weighted by atomic mass is 16.3. The average molecular weight is 343 g/mol. The topological polar surface area (TPSA) is 100 Å². The fourth-order valence-corrected chi connectivity index (χ4v) is 2.13. The molecule has 1 atom stereocenters. The predicted molar refractivity (Wildman–Crippen MR) is 91.9 cm³/mol. The van der Waals surface area contributed by atoms with Crippen LogP contribution in [0.3, 0.4) is 0 Å². The highest BCUT2D eigenvalue weighted by Crippen LogP contribution is 2.12. The minimum atomic E-state index is -0.485. The van der Waals surface area contributed by atoms with E-state index in [4.69, 9.17) is 4.42 Å². The van der Waals surface area contributed by atoms with Gasteiger partial charge >= 0.3 is 0 Å². The van der Waals surface area contributed by atoms with Crippen molar-refractivity contribution in [2.75, 3.05) is 19.6 Å². The molecular weight excluding hydrogens is 322 g/mol. The molecule has 1 heterocycles. The number of nitrogens with one attached hydrogen (secondary N) is 3. The van der Waals surface area contributed by atoms with E-state index in [2.05, 4.69) is 16.0 Å². The Morgan fingerprint density at radius 2 is 1.60 bits per heavy atom. The van der Waals surface area contributed by atoms with Gasteiger partial charge in [0, 0.05) is 6.54 Å². The number of carbonyl (C=O) groups is 3. The lowest BCUT2D eigenvalue weighted by molar-refractivity contribution is -0.125. The first-order valence-electron chi connectivity index (χ1n) is 7.96. The van der Waals surface area contributed by atoms with Gasteiger partial charge in [0.25, 0.3) is 5.91 Å². The van der Waals surface area contributed by atoms with Crippen LogP contribution in [0.1, 0.15) is 29.0 Å². The van der Waals surface area contributed by atoms with Crippen molar-refractivity contribution in [2.45, 2.75) is 12.8 Å². The third-order valence-corrected chi connectivity index (χ3v) is 3.57. The quantitative estimate of drug-likeness (QED) is 0.667. The molecule has 0 radical (unpaired) electrons. The zero-order valence-electron chi connectivity index (χ0n) is 14.0. The second-order valence-corrected chi connectivity index (χ2v) is 5.55. The van der Waals surface area contributed by atoms with Gasteiger partial charge in [-0.3, -0.25) is 14.4 Å². The molecular formula is C18H21N3O4. The smallest absolute Gasteiger partial charge is 0.287 e. The summed E-state index contributed by atoms with van der Waals surface area (Å²) >= 11 is 0. The van der Waals surface area contributed by atoms with E-state index in [-0.39, 0.29) is 30.7 Å². The maximum absolute atomic E-state index is 11.8. The molecule has 0 fully saturated rings. The van der Waals surface area contributed by atoms with E-state index in [9.17, 15) is 14.4 Å². The Morgan fingerprint density at radius 1 is 0.920 bits per heavy atom. The Bertz CT molecular complexity index is 698. The second-order valence-electron chi connectivity index (χ2n) is 5.55. The maximum Gasteiger partial charge on any atom is 0.287 e. The summed E-state index contributed by atoms with van der Waals surface area (Å²) in [4.78, 5) is 35.0. The Hall–Kier alpha value is -3.09. The molecule has 0 spiro atoms. The predicted octanol–water partition coefficient (Wildman–Crippen LogP) is 1.05. The highest BCUT2D eigenvalue weighted by Gasteiger charge is 2.11. The standard InChI is InChI=1S/C18H21N3O4/c1-13(14-6-3-2-4-7-14)10-19-16(22)11-20-17(23)12-21-18(24)15-8-5-9-25-15/h2-9,13H,10-12H2,1H3,(H,19,22)(H,20,23)(H,21,24)/t13-/m1/s1. The van der Waals surface area contributed by atoms with Crippen LogP contribution < -0.4 is 16.0 Å². The number of rotatable bonds is 8. The van der Waals surface area contributed by atoms with Crippen LogP contribution in [0.15, 0.2) is 53.1 Å². The maximum atomic E-state index is 11.8. The lowest BCUT2D eigenvalue weighted by Crippen LogP contribution is -2.42. The minimum Gasteiger partial charge on any atom is -0.459 e. The molecule has 7 nitrogen and oxygen atoms in total. The van der Waals surface area contributed by atoms with Crippen LogP contribution in [0.4, 0.5) is 0 Å². The normalized spacial score (nSPS) is 11.4. The van der Waals surface area contributed by atoms with Gasteiger partial charge in [-0.25, -0.2) is 0 Å². The monoisotopic (exact) mass is 343 g/mol. The van der Waals surface area contributed by atoms with Crippen molar-refractivity contribution in [1.82, 2.24) is 16.0 Å². The van der Waals surface area contributed by atoms with Crippen molar-refractivity contribution in [1.29, 1.82) is 0 Å². The zero-order valence-corrected chi connectivity index (χ0v) is 14.0. The number of furan rings is 1. The van der Waals surface area contributed by atoms with E-state index in [1.54, 1.807) is 6.07 Å². The highest BCUT2D eigenvalue weighted by molar-refractivity contribution is 5.94. The number of hydrogen-bond donors (Lipinski definition) is 3. The summed E-state index contributed by atoms with van der Waals surface area (Å²) in [6.07, 6.45) is 1.37. The van der Waals surface area contributed by atoms with E-state index in [1.165, 1.54) is 12.3 Å². The van der Waals surface area contributed by atoms with Gasteiger partial charge < -0.3 is 20.4 Å². The molecule has 0 aliphatic heterocycles. The van der Waals surface area contributed by atoms with Crippen LogP contribution in [-0.2, 0) is 9.59 Å². The molecule has 1 aromatic heterocycles. The molecule has 25 heavy (non-hydrogen) atoms. The van der Waals surface area contributed by atoms with Gasteiger partial charge in [0.2, 0.25) is 11.8 Å². The van der Waals surface area contributed by atoms with Gasteiger partial charge in [-0.2, -0.15) is 0 Å². The van der Waals surface area contributed by atoms with Crippen molar-refractivity contribution < 1.29 is 18.8 Å². The minimum absolute atomic E-state index is 0.125. The lowest BCUT2D eigenvalue weighted by Gasteiger charge is -2.13. The zero-order chi connectivity index (χ0) is 18.1. The van der Waals surface area contributed by atoms with Crippen LogP contribution in [0.5, 0.6) is 0 Å². The molecule has 2 aromatic rings. The average Bonchev–Trinajstić information content (AvgIpc) is 3.18. The molecule has 132 valence electrons. The molecule has 0 unspecified atom stereocenters. The number of carbonyl (C=O) groups excluding carboxylic acids is 3. The first-order chi connectivity index (χ1) is 12.1. The summed E-state index contributed by atoms with van der Waals surface area (Å²) in [5, 5.41) is 7.62. The van der Waals surface area contributed by atoms with Crippen molar-refractivity contribution >= 4 is 17.7 Å². The summed E-state index contributed by atoms with van der Waals surface area (Å²) in [7, 11) is 0. The molecule has 1 aromatic carbocycles. The van der Waals surface area contributed by atoms with Gasteiger partial charge in [0.05, 0.1) is 19.4 Å². The molecule has 7 heteroatoms. The van der Waals surface area contributed by atoms with Crippen LogP contribution in [-0.4, -0.2) is 37.4 Å². The van der Waals surface area contributed by atoms with E-state index in [0.717, 1.165) is 5.56 Å². The SMILES string of the molecule is C[C@H](CNC(=O)CNC(=O)CNC(=O)c1ccco1)c1ccccc1. The number of amides is 3. The van der Waals surface area contributed by atoms with E-state index in [1.807, 2.05) is 37.3 Å². The molecule has 3 N–H and O–H groups in total. The summed E-state index contributed by atoms with van der Waals surface area (Å²) in [5.74, 6) is -0.921. The Morgan fingerprint density at radius 3 is 2.28 bits per heavy atom. The van der Waals surface area contributed by atoms with Crippen molar-refractivity contribution in [3.8, 4) is 0 Å². The van der Waals surface area contributed by atoms with Crippen molar-refractivity contribution in [2.24, 2.45) is 0 Å². The van der Waals surface area contributed by atoms with E-state index in [0.29, 0.717) is 6.54 Å². The third kappa shape index (κ3) is 6.14. The third-order valence-electron chi connectivity index (χ3n) is 3.57. The molecule has 0 saturated carbocycles. The van der Waals surface area contributed by atoms with Gasteiger partial charge in [-0.05, 0) is 23.6 Å². The van der Waals surface area contributed by atoms with Gasteiger partial charge in [0.1, 0.15) is 0 Å². The number of hydrogen-bond acceptors (Lipinski definition) is 4.